The molecule has 8 nitrogen and oxygen atoms in total. The summed E-state index contributed by atoms with van der Waals surface area (Å²) in [5.74, 6) is 0.746. The van der Waals surface area contributed by atoms with Crippen molar-refractivity contribution in [1.82, 2.24) is 25.2 Å². The van der Waals surface area contributed by atoms with Crippen molar-refractivity contribution in [1.29, 1.82) is 0 Å². The lowest BCUT2D eigenvalue weighted by atomic mass is 10.1. The molecule has 3 amide bonds. The van der Waals surface area contributed by atoms with Crippen molar-refractivity contribution in [2.24, 2.45) is 0 Å². The van der Waals surface area contributed by atoms with Gasteiger partial charge in [-0.1, -0.05) is 5.16 Å². The van der Waals surface area contributed by atoms with Crippen molar-refractivity contribution in [3.05, 3.63) is 17.0 Å². The maximum Gasteiger partial charge on any atom is 0.325 e. The lowest BCUT2D eigenvalue weighted by Gasteiger charge is -2.35. The lowest BCUT2D eigenvalue weighted by molar-refractivity contribution is -0.130. The Morgan fingerprint density at radius 1 is 1.08 bits per heavy atom. The SMILES string of the molecule is Cc1noc(C)c1CN1CCN(CCN2C(=O)NC(C)(C)C2=O)CC1. The highest BCUT2D eigenvalue weighted by Crippen LogP contribution is 2.18. The molecule has 3 rings (SSSR count). The van der Waals surface area contributed by atoms with Gasteiger partial charge in [0.05, 0.1) is 5.69 Å². The van der Waals surface area contributed by atoms with Gasteiger partial charge >= 0.3 is 6.03 Å². The molecule has 2 fully saturated rings. The molecule has 2 aliphatic heterocycles. The van der Waals surface area contributed by atoms with E-state index in [-0.39, 0.29) is 11.9 Å². The Kier molecular flexibility index (Phi) is 4.83. The number of nitrogens with one attached hydrogen (secondary N) is 1. The zero-order chi connectivity index (χ0) is 18.2. The zero-order valence-corrected chi connectivity index (χ0v) is 15.5. The fourth-order valence-electron chi connectivity index (χ4n) is 3.38. The molecule has 3 heterocycles. The smallest absolute Gasteiger partial charge is 0.325 e. The van der Waals surface area contributed by atoms with Crippen LogP contribution < -0.4 is 5.32 Å². The standard InChI is InChI=1S/C17H27N5O3/c1-12-14(13(2)25-19-12)11-21-7-5-20(6-8-21)9-10-22-15(23)17(3,4)18-16(22)24/h5-11H2,1-4H3,(H,18,24). The number of urea groups is 1. The van der Waals surface area contributed by atoms with Crippen molar-refractivity contribution < 1.29 is 14.1 Å². The lowest BCUT2D eigenvalue weighted by Crippen LogP contribution is -2.49. The van der Waals surface area contributed by atoms with Gasteiger partial charge in [0.1, 0.15) is 11.3 Å². The van der Waals surface area contributed by atoms with Crippen LogP contribution in [0.5, 0.6) is 0 Å². The number of piperazine rings is 1. The van der Waals surface area contributed by atoms with Crippen molar-refractivity contribution in [3.8, 4) is 0 Å². The zero-order valence-electron chi connectivity index (χ0n) is 15.5. The van der Waals surface area contributed by atoms with E-state index in [0.717, 1.165) is 44.2 Å². The summed E-state index contributed by atoms with van der Waals surface area (Å²) in [4.78, 5) is 30.1. The monoisotopic (exact) mass is 349 g/mol. The Balaban J connectivity index is 1.46. The third-order valence-corrected chi connectivity index (χ3v) is 5.11. The minimum Gasteiger partial charge on any atom is -0.361 e. The van der Waals surface area contributed by atoms with E-state index in [1.807, 2.05) is 13.8 Å². The summed E-state index contributed by atoms with van der Waals surface area (Å²) in [5.41, 5.74) is 1.35. The summed E-state index contributed by atoms with van der Waals surface area (Å²) in [5, 5.41) is 6.73. The van der Waals surface area contributed by atoms with Crippen molar-refractivity contribution in [2.45, 2.75) is 39.8 Å². The minimum atomic E-state index is -0.788. The average Bonchev–Trinajstić information content (AvgIpc) is 2.97. The average molecular weight is 349 g/mol. The summed E-state index contributed by atoms with van der Waals surface area (Å²) in [7, 11) is 0. The van der Waals surface area contributed by atoms with Crippen LogP contribution >= 0.6 is 0 Å². The molecule has 1 aromatic heterocycles. The van der Waals surface area contributed by atoms with E-state index in [1.54, 1.807) is 13.8 Å². The van der Waals surface area contributed by atoms with Crippen LogP contribution in [0.25, 0.3) is 0 Å². The maximum atomic E-state index is 12.2. The van der Waals surface area contributed by atoms with Gasteiger partial charge in [-0.25, -0.2) is 4.79 Å². The molecule has 0 bridgehead atoms. The number of carbonyl (C=O) groups excluding carboxylic acids is 2. The molecule has 0 spiro atoms. The van der Waals surface area contributed by atoms with E-state index < -0.39 is 5.54 Å². The van der Waals surface area contributed by atoms with Gasteiger partial charge in [-0.15, -0.1) is 0 Å². The quantitative estimate of drug-likeness (QED) is 0.790. The minimum absolute atomic E-state index is 0.144. The molecule has 25 heavy (non-hydrogen) atoms. The van der Waals surface area contributed by atoms with Gasteiger partial charge in [-0.05, 0) is 27.7 Å². The van der Waals surface area contributed by atoms with Gasteiger partial charge in [0, 0.05) is 51.4 Å². The first kappa shape index (κ1) is 17.9. The van der Waals surface area contributed by atoms with Crippen molar-refractivity contribution >= 4 is 11.9 Å². The highest BCUT2D eigenvalue weighted by Gasteiger charge is 2.44. The molecule has 2 saturated heterocycles. The van der Waals surface area contributed by atoms with Crippen LogP contribution in [0.3, 0.4) is 0 Å². The predicted octanol–water partition coefficient (Wildman–Crippen LogP) is 0.739. The van der Waals surface area contributed by atoms with Crippen LogP contribution in [-0.4, -0.2) is 76.6 Å². The van der Waals surface area contributed by atoms with Crippen LogP contribution in [0, 0.1) is 13.8 Å². The van der Waals surface area contributed by atoms with Crippen LogP contribution in [0.1, 0.15) is 30.9 Å². The summed E-state index contributed by atoms with van der Waals surface area (Å²) < 4.78 is 5.23. The van der Waals surface area contributed by atoms with Crippen LogP contribution in [-0.2, 0) is 11.3 Å². The van der Waals surface area contributed by atoms with Gasteiger partial charge < -0.3 is 9.84 Å². The summed E-state index contributed by atoms with van der Waals surface area (Å²) >= 11 is 0. The molecule has 0 aliphatic carbocycles. The van der Waals surface area contributed by atoms with Crippen molar-refractivity contribution in [2.75, 3.05) is 39.3 Å². The first-order valence-corrected chi connectivity index (χ1v) is 8.78. The number of imide groups is 1. The summed E-state index contributed by atoms with van der Waals surface area (Å²) in [6.07, 6.45) is 0. The van der Waals surface area contributed by atoms with Gasteiger partial charge in [0.25, 0.3) is 5.91 Å². The third kappa shape index (κ3) is 3.69. The molecule has 0 atom stereocenters. The number of carbonyl (C=O) groups is 2. The Morgan fingerprint density at radius 2 is 1.72 bits per heavy atom. The molecular weight excluding hydrogens is 322 g/mol. The molecule has 138 valence electrons. The Bertz CT molecular complexity index is 642. The number of aryl methyl sites for hydroxylation is 2. The number of nitrogens with zero attached hydrogens (tertiary/aromatic N) is 4. The van der Waals surface area contributed by atoms with E-state index in [4.69, 9.17) is 4.52 Å². The second-order valence-corrected chi connectivity index (χ2v) is 7.43. The maximum absolute atomic E-state index is 12.2. The molecule has 8 heteroatoms. The molecule has 0 saturated carbocycles. The molecule has 0 radical (unpaired) electrons. The predicted molar refractivity (Wildman–Crippen MR) is 92.0 cm³/mol. The van der Waals surface area contributed by atoms with Gasteiger partial charge in [0.2, 0.25) is 0 Å². The second kappa shape index (κ2) is 6.76. The molecular formula is C17H27N5O3. The fourth-order valence-corrected chi connectivity index (χ4v) is 3.38. The molecule has 2 aliphatic rings. The molecule has 1 aromatic rings. The largest absolute Gasteiger partial charge is 0.361 e. The van der Waals surface area contributed by atoms with Gasteiger partial charge in [0.15, 0.2) is 0 Å². The van der Waals surface area contributed by atoms with E-state index in [9.17, 15) is 9.59 Å². The van der Waals surface area contributed by atoms with Crippen LogP contribution in [0.15, 0.2) is 4.52 Å². The molecule has 0 unspecified atom stereocenters. The number of hydrogen-bond donors (Lipinski definition) is 1. The molecule has 0 aromatic carbocycles. The van der Waals surface area contributed by atoms with Gasteiger partial charge in [-0.2, -0.15) is 0 Å². The summed E-state index contributed by atoms with van der Waals surface area (Å²) in [6.45, 7) is 13.2. The Morgan fingerprint density at radius 3 is 2.24 bits per heavy atom. The second-order valence-electron chi connectivity index (χ2n) is 7.43. The van der Waals surface area contributed by atoms with E-state index in [0.29, 0.717) is 13.1 Å². The first-order chi connectivity index (χ1) is 11.8. The number of rotatable bonds is 5. The van der Waals surface area contributed by atoms with Crippen LogP contribution in [0.2, 0.25) is 0 Å². The number of amides is 3. The van der Waals surface area contributed by atoms with E-state index >= 15 is 0 Å². The number of hydrogen-bond acceptors (Lipinski definition) is 6. The first-order valence-electron chi connectivity index (χ1n) is 8.78. The van der Waals surface area contributed by atoms with Gasteiger partial charge in [-0.3, -0.25) is 19.5 Å². The number of aromatic nitrogens is 1. The fraction of sp³-hybridized carbons (Fsp3) is 0.706. The van der Waals surface area contributed by atoms with Crippen LogP contribution in [0.4, 0.5) is 4.79 Å². The van der Waals surface area contributed by atoms with Crippen molar-refractivity contribution in [3.63, 3.8) is 0 Å². The Labute approximate surface area is 148 Å². The third-order valence-electron chi connectivity index (χ3n) is 5.11. The highest BCUT2D eigenvalue weighted by molar-refractivity contribution is 6.06. The molecule has 1 N–H and O–H groups in total. The van der Waals surface area contributed by atoms with E-state index in [1.165, 1.54) is 10.5 Å². The normalized spacial score (nSPS) is 21.8. The summed E-state index contributed by atoms with van der Waals surface area (Å²) in [6, 6.07) is -0.285. The topological polar surface area (TPSA) is 81.9 Å². The highest BCUT2D eigenvalue weighted by atomic mass is 16.5. The van der Waals surface area contributed by atoms with E-state index in [2.05, 4.69) is 20.3 Å². The Hall–Kier alpha value is -1.93.